The van der Waals surface area contributed by atoms with E-state index in [0.717, 1.165) is 7.11 Å². The van der Waals surface area contributed by atoms with E-state index in [9.17, 15) is 31.1 Å². The third-order valence-electron chi connectivity index (χ3n) is 1.78. The molecule has 0 atom stereocenters. The average Bonchev–Trinajstić information content (AvgIpc) is 2.25. The Bertz CT molecular complexity index is 488. The summed E-state index contributed by atoms with van der Waals surface area (Å²) >= 11 is 0. The molecule has 0 saturated carbocycles. The van der Waals surface area contributed by atoms with E-state index in [0.29, 0.717) is 0 Å². The number of ether oxygens (including phenoxy) is 2. The first-order chi connectivity index (χ1) is 8.65. The molecule has 19 heavy (non-hydrogen) atoms. The van der Waals surface area contributed by atoms with Gasteiger partial charge in [-0.15, -0.1) is 13.2 Å². The van der Waals surface area contributed by atoms with Crippen LogP contribution in [0.3, 0.4) is 0 Å². The van der Waals surface area contributed by atoms with Gasteiger partial charge < -0.3 is 9.47 Å². The molecule has 1 aromatic heterocycles. The van der Waals surface area contributed by atoms with Crippen molar-refractivity contribution in [2.75, 3.05) is 7.11 Å². The lowest BCUT2D eigenvalue weighted by Crippen LogP contribution is -2.21. The zero-order chi connectivity index (χ0) is 14.8. The Morgan fingerprint density at radius 1 is 1.37 bits per heavy atom. The molecule has 0 aliphatic carbocycles. The van der Waals surface area contributed by atoms with Gasteiger partial charge in [0.1, 0.15) is 5.69 Å². The predicted octanol–water partition coefficient (Wildman–Crippen LogP) is 2.84. The van der Waals surface area contributed by atoms with E-state index in [1.165, 1.54) is 0 Å². The molecule has 0 amide bonds. The van der Waals surface area contributed by atoms with Crippen molar-refractivity contribution in [3.05, 3.63) is 23.3 Å². The number of halogens is 6. The van der Waals surface area contributed by atoms with Crippen LogP contribution < -0.4 is 4.74 Å². The lowest BCUT2D eigenvalue weighted by atomic mass is 10.2. The number of pyridine rings is 1. The van der Waals surface area contributed by atoms with E-state index in [-0.39, 0.29) is 6.07 Å². The third kappa shape index (κ3) is 3.73. The van der Waals surface area contributed by atoms with Crippen LogP contribution in [0.5, 0.6) is 5.75 Å². The van der Waals surface area contributed by atoms with Crippen LogP contribution in [0.25, 0.3) is 0 Å². The van der Waals surface area contributed by atoms with Crippen LogP contribution in [0.1, 0.15) is 22.6 Å². The Morgan fingerprint density at radius 2 is 1.95 bits per heavy atom. The first kappa shape index (κ1) is 15.1. The summed E-state index contributed by atoms with van der Waals surface area (Å²) in [5.74, 6) is -4.57. The number of rotatable bonds is 3. The molecule has 106 valence electrons. The van der Waals surface area contributed by atoms with Gasteiger partial charge in [-0.3, -0.25) is 0 Å². The van der Waals surface area contributed by atoms with Crippen molar-refractivity contribution in [3.8, 4) is 5.75 Å². The molecule has 1 heterocycles. The lowest BCUT2D eigenvalue weighted by molar-refractivity contribution is -0.274. The highest BCUT2D eigenvalue weighted by Gasteiger charge is 2.35. The van der Waals surface area contributed by atoms with Crippen LogP contribution in [-0.2, 0) is 4.74 Å². The third-order valence-corrected chi connectivity index (χ3v) is 1.78. The molecule has 0 aromatic carbocycles. The summed E-state index contributed by atoms with van der Waals surface area (Å²) in [6.45, 7) is 0. The standard InChI is InChI=1S/C9H5F6NO3/c1-18-8(17)6-4(19-9(13,14)15)2-3(10)5(16-6)7(11)12/h2,7H,1H3. The molecule has 0 N–H and O–H groups in total. The van der Waals surface area contributed by atoms with Crippen molar-refractivity contribution in [2.45, 2.75) is 12.8 Å². The maximum Gasteiger partial charge on any atom is 0.573 e. The molecular formula is C9H5F6NO3. The normalized spacial score (nSPS) is 11.6. The fraction of sp³-hybridized carbons (Fsp3) is 0.333. The second-order valence-electron chi connectivity index (χ2n) is 3.04. The summed E-state index contributed by atoms with van der Waals surface area (Å²) in [6, 6.07) is -0.00572. The summed E-state index contributed by atoms with van der Waals surface area (Å²) < 4.78 is 81.1. The zero-order valence-corrected chi connectivity index (χ0v) is 9.09. The van der Waals surface area contributed by atoms with Gasteiger partial charge in [-0.05, 0) is 0 Å². The van der Waals surface area contributed by atoms with Gasteiger partial charge in [0.25, 0.3) is 6.43 Å². The number of alkyl halides is 5. The first-order valence-electron chi connectivity index (χ1n) is 4.48. The average molecular weight is 289 g/mol. The zero-order valence-electron chi connectivity index (χ0n) is 9.09. The van der Waals surface area contributed by atoms with Crippen molar-refractivity contribution in [1.82, 2.24) is 4.98 Å². The summed E-state index contributed by atoms with van der Waals surface area (Å²) in [7, 11) is 0.785. The Morgan fingerprint density at radius 3 is 2.37 bits per heavy atom. The van der Waals surface area contributed by atoms with Gasteiger partial charge in [0.2, 0.25) is 0 Å². The fourth-order valence-corrected chi connectivity index (χ4v) is 1.08. The Balaban J connectivity index is 3.36. The Kier molecular flexibility index (Phi) is 4.22. The monoisotopic (exact) mass is 289 g/mol. The topological polar surface area (TPSA) is 48.4 Å². The maximum absolute atomic E-state index is 13.1. The number of carbonyl (C=O) groups is 1. The molecule has 0 unspecified atom stereocenters. The Labute approximate surface area is 101 Å². The molecule has 4 nitrogen and oxygen atoms in total. The molecule has 0 fully saturated rings. The lowest BCUT2D eigenvalue weighted by Gasteiger charge is -2.13. The van der Waals surface area contributed by atoms with Crippen LogP contribution in [0.15, 0.2) is 6.07 Å². The molecule has 0 saturated heterocycles. The quantitative estimate of drug-likeness (QED) is 0.634. The number of aromatic nitrogens is 1. The molecule has 0 bridgehead atoms. The van der Waals surface area contributed by atoms with Crippen LogP contribution in [0, 0.1) is 5.82 Å². The van der Waals surface area contributed by atoms with Gasteiger partial charge in [0.05, 0.1) is 7.11 Å². The second kappa shape index (κ2) is 5.33. The van der Waals surface area contributed by atoms with E-state index in [4.69, 9.17) is 0 Å². The number of hydrogen-bond acceptors (Lipinski definition) is 4. The molecule has 0 aliphatic heterocycles. The van der Waals surface area contributed by atoms with Crippen molar-refractivity contribution in [1.29, 1.82) is 0 Å². The second-order valence-corrected chi connectivity index (χ2v) is 3.04. The highest BCUT2D eigenvalue weighted by atomic mass is 19.4. The smallest absolute Gasteiger partial charge is 0.464 e. The highest BCUT2D eigenvalue weighted by Crippen LogP contribution is 2.30. The van der Waals surface area contributed by atoms with Gasteiger partial charge in [-0.25, -0.2) is 22.9 Å². The predicted molar refractivity (Wildman–Crippen MR) is 47.2 cm³/mol. The van der Waals surface area contributed by atoms with Gasteiger partial charge >= 0.3 is 12.3 Å². The minimum atomic E-state index is -5.25. The van der Waals surface area contributed by atoms with Gasteiger partial charge in [-0.2, -0.15) is 0 Å². The molecular weight excluding hydrogens is 284 g/mol. The van der Waals surface area contributed by atoms with E-state index in [1.54, 1.807) is 0 Å². The number of nitrogens with zero attached hydrogens (tertiary/aromatic N) is 1. The molecule has 1 rings (SSSR count). The number of carbonyl (C=O) groups excluding carboxylic acids is 1. The van der Waals surface area contributed by atoms with E-state index >= 15 is 0 Å². The molecule has 0 radical (unpaired) electrons. The molecule has 0 spiro atoms. The molecule has 1 aromatic rings. The van der Waals surface area contributed by atoms with E-state index < -0.39 is 41.7 Å². The number of methoxy groups -OCH3 is 1. The van der Waals surface area contributed by atoms with Gasteiger partial charge in [-0.1, -0.05) is 0 Å². The first-order valence-corrected chi connectivity index (χ1v) is 4.48. The van der Waals surface area contributed by atoms with Gasteiger partial charge in [0, 0.05) is 6.07 Å². The van der Waals surface area contributed by atoms with Crippen molar-refractivity contribution in [2.24, 2.45) is 0 Å². The van der Waals surface area contributed by atoms with Gasteiger partial charge in [0.15, 0.2) is 17.3 Å². The SMILES string of the molecule is COC(=O)c1nc(C(F)F)c(F)cc1OC(F)(F)F. The van der Waals surface area contributed by atoms with Crippen LogP contribution in [0.2, 0.25) is 0 Å². The van der Waals surface area contributed by atoms with Crippen molar-refractivity contribution in [3.63, 3.8) is 0 Å². The summed E-state index contributed by atoms with van der Waals surface area (Å²) in [5.41, 5.74) is -2.67. The number of hydrogen-bond donors (Lipinski definition) is 0. The van der Waals surface area contributed by atoms with E-state index in [2.05, 4.69) is 14.5 Å². The Hall–Kier alpha value is -2.00. The summed E-state index contributed by atoms with van der Waals surface area (Å²) in [4.78, 5) is 13.9. The van der Waals surface area contributed by atoms with Crippen LogP contribution in [0.4, 0.5) is 26.3 Å². The maximum atomic E-state index is 13.1. The van der Waals surface area contributed by atoms with Crippen LogP contribution >= 0.6 is 0 Å². The summed E-state index contributed by atoms with van der Waals surface area (Å²) in [5, 5.41) is 0. The van der Waals surface area contributed by atoms with Crippen LogP contribution in [-0.4, -0.2) is 24.4 Å². The molecule has 0 aliphatic rings. The van der Waals surface area contributed by atoms with Crippen molar-refractivity contribution >= 4 is 5.97 Å². The largest absolute Gasteiger partial charge is 0.573 e. The minimum Gasteiger partial charge on any atom is -0.464 e. The highest BCUT2D eigenvalue weighted by molar-refractivity contribution is 5.90. The minimum absolute atomic E-state index is 0.00572. The number of esters is 1. The van der Waals surface area contributed by atoms with Crippen molar-refractivity contribution < 1.29 is 40.6 Å². The van der Waals surface area contributed by atoms with E-state index in [1.807, 2.05) is 0 Å². The molecule has 10 heteroatoms. The summed E-state index contributed by atoms with van der Waals surface area (Å²) in [6.07, 6.45) is -8.66. The fourth-order valence-electron chi connectivity index (χ4n) is 1.08.